The van der Waals surface area contributed by atoms with E-state index in [1.54, 1.807) is 23.1 Å². The molecule has 0 heterocycles. The highest BCUT2D eigenvalue weighted by Crippen LogP contribution is 2.34. The Morgan fingerprint density at radius 2 is 1.62 bits per heavy atom. The van der Waals surface area contributed by atoms with Crippen LogP contribution in [0.25, 0.3) is 0 Å². The van der Waals surface area contributed by atoms with Gasteiger partial charge in [0, 0.05) is 24.7 Å². The number of methoxy groups -OCH3 is 2. The molecule has 1 amide bonds. The van der Waals surface area contributed by atoms with Gasteiger partial charge in [0.25, 0.3) is 0 Å². The summed E-state index contributed by atoms with van der Waals surface area (Å²) in [7, 11) is 2.99. The molecule has 2 N–H and O–H groups in total. The molecule has 0 aromatic heterocycles. The number of benzene rings is 2. The van der Waals surface area contributed by atoms with Crippen LogP contribution in [0.15, 0.2) is 36.4 Å². The Kier molecular flexibility index (Phi) is 8.84. The molecule has 2 aromatic carbocycles. The van der Waals surface area contributed by atoms with Crippen molar-refractivity contribution in [3.63, 3.8) is 0 Å². The van der Waals surface area contributed by atoms with E-state index in [1.807, 2.05) is 26.0 Å². The number of rotatable bonds is 8. The van der Waals surface area contributed by atoms with Crippen LogP contribution in [0.5, 0.6) is 23.0 Å². The van der Waals surface area contributed by atoms with Crippen LogP contribution in [0.1, 0.15) is 25.0 Å². The number of ether oxygens (including phenoxy) is 2. The first-order chi connectivity index (χ1) is 12.6. The molecule has 0 aliphatic rings. The maximum atomic E-state index is 11.4. The lowest BCUT2D eigenvalue weighted by Crippen LogP contribution is -2.24. The Labute approximate surface area is 154 Å². The summed E-state index contributed by atoms with van der Waals surface area (Å²) in [6.07, 6.45) is 1.42. The SMILES string of the molecule is CC.COc1cc(OC)c(CN(C=O)CCc2ccc(O)cc2)cc1O. The second-order valence-electron chi connectivity index (χ2n) is 5.33. The standard InChI is InChI=1S/C18H21NO5.C2H6/c1-23-17-10-18(24-2)16(22)9-14(17)11-19(12-20)8-7-13-3-5-15(21)6-4-13;1-2/h3-6,9-10,12,21-22H,7-8,11H2,1-2H3;1-2H3. The summed E-state index contributed by atoms with van der Waals surface area (Å²) >= 11 is 0. The number of hydrogen-bond donors (Lipinski definition) is 2. The monoisotopic (exact) mass is 361 g/mol. The van der Waals surface area contributed by atoms with Crippen molar-refractivity contribution in [1.82, 2.24) is 4.90 Å². The van der Waals surface area contributed by atoms with E-state index in [-0.39, 0.29) is 11.5 Å². The van der Waals surface area contributed by atoms with E-state index >= 15 is 0 Å². The highest BCUT2D eigenvalue weighted by molar-refractivity contribution is 5.52. The molecule has 0 bridgehead atoms. The van der Waals surface area contributed by atoms with Crippen LogP contribution in [0, 0.1) is 0 Å². The normalized spacial score (nSPS) is 9.69. The van der Waals surface area contributed by atoms with E-state index in [0.717, 1.165) is 12.0 Å². The minimum atomic E-state index is -0.00214. The maximum Gasteiger partial charge on any atom is 0.210 e. The fraction of sp³-hybridized carbons (Fsp3) is 0.350. The van der Waals surface area contributed by atoms with Crippen molar-refractivity contribution in [3.8, 4) is 23.0 Å². The Bertz CT molecular complexity index is 685. The quantitative estimate of drug-likeness (QED) is 0.705. The van der Waals surface area contributed by atoms with Gasteiger partial charge in [-0.1, -0.05) is 26.0 Å². The summed E-state index contributed by atoms with van der Waals surface area (Å²) in [5.74, 6) is 1.07. The van der Waals surface area contributed by atoms with Crippen molar-refractivity contribution in [2.45, 2.75) is 26.8 Å². The van der Waals surface area contributed by atoms with Crippen molar-refractivity contribution >= 4 is 6.41 Å². The van der Waals surface area contributed by atoms with Gasteiger partial charge in [0.2, 0.25) is 6.41 Å². The van der Waals surface area contributed by atoms with Gasteiger partial charge in [0.05, 0.1) is 14.2 Å². The van der Waals surface area contributed by atoms with Gasteiger partial charge in [-0.15, -0.1) is 0 Å². The first-order valence-electron chi connectivity index (χ1n) is 8.48. The lowest BCUT2D eigenvalue weighted by molar-refractivity contribution is -0.118. The predicted molar refractivity (Wildman–Crippen MR) is 101 cm³/mol. The maximum absolute atomic E-state index is 11.4. The number of amides is 1. The molecule has 0 unspecified atom stereocenters. The van der Waals surface area contributed by atoms with Crippen molar-refractivity contribution in [3.05, 3.63) is 47.5 Å². The van der Waals surface area contributed by atoms with Crippen LogP contribution < -0.4 is 9.47 Å². The summed E-state index contributed by atoms with van der Waals surface area (Å²) in [6, 6.07) is 9.99. The average molecular weight is 361 g/mol. The lowest BCUT2D eigenvalue weighted by Gasteiger charge is -2.20. The third-order valence-corrected chi connectivity index (χ3v) is 3.73. The van der Waals surface area contributed by atoms with Gasteiger partial charge in [0.15, 0.2) is 11.5 Å². The number of phenolic OH excluding ortho intramolecular Hbond substituents is 2. The topological polar surface area (TPSA) is 79.2 Å². The van der Waals surface area contributed by atoms with E-state index in [9.17, 15) is 15.0 Å². The van der Waals surface area contributed by atoms with E-state index in [0.29, 0.717) is 36.6 Å². The van der Waals surface area contributed by atoms with Crippen LogP contribution >= 0.6 is 0 Å². The minimum Gasteiger partial charge on any atom is -0.508 e. The molecule has 0 saturated heterocycles. The van der Waals surface area contributed by atoms with Crippen molar-refractivity contribution < 1.29 is 24.5 Å². The molecule has 0 atom stereocenters. The van der Waals surface area contributed by atoms with E-state index in [1.165, 1.54) is 20.3 Å². The molecule has 0 saturated carbocycles. The van der Waals surface area contributed by atoms with Crippen LogP contribution in [-0.2, 0) is 17.8 Å². The number of nitrogens with zero attached hydrogens (tertiary/aromatic N) is 1. The van der Waals surface area contributed by atoms with E-state index in [4.69, 9.17) is 9.47 Å². The second kappa shape index (κ2) is 10.9. The fourth-order valence-electron chi connectivity index (χ4n) is 2.39. The molecule has 6 nitrogen and oxygen atoms in total. The Morgan fingerprint density at radius 1 is 1.00 bits per heavy atom. The van der Waals surface area contributed by atoms with Gasteiger partial charge in [-0.25, -0.2) is 0 Å². The zero-order valence-electron chi connectivity index (χ0n) is 15.7. The van der Waals surface area contributed by atoms with Crippen LogP contribution in [0.3, 0.4) is 0 Å². The van der Waals surface area contributed by atoms with Gasteiger partial charge < -0.3 is 24.6 Å². The largest absolute Gasteiger partial charge is 0.508 e. The Morgan fingerprint density at radius 3 is 2.15 bits per heavy atom. The number of carbonyl (C=O) groups excluding carboxylic acids is 1. The summed E-state index contributed by atoms with van der Waals surface area (Å²) in [5.41, 5.74) is 1.71. The first kappa shape index (κ1) is 21.2. The molecule has 0 aliphatic carbocycles. The molecule has 0 aliphatic heterocycles. The van der Waals surface area contributed by atoms with Gasteiger partial charge in [-0.2, -0.15) is 0 Å². The van der Waals surface area contributed by atoms with Crippen molar-refractivity contribution in [2.24, 2.45) is 0 Å². The third kappa shape index (κ3) is 5.88. The van der Waals surface area contributed by atoms with Gasteiger partial charge in [-0.3, -0.25) is 4.79 Å². The molecule has 6 heteroatoms. The van der Waals surface area contributed by atoms with Crippen LogP contribution in [-0.4, -0.2) is 42.3 Å². The molecular weight excluding hydrogens is 334 g/mol. The third-order valence-electron chi connectivity index (χ3n) is 3.73. The first-order valence-corrected chi connectivity index (χ1v) is 8.48. The highest BCUT2D eigenvalue weighted by Gasteiger charge is 2.13. The molecule has 0 fully saturated rings. The van der Waals surface area contributed by atoms with Gasteiger partial charge >= 0.3 is 0 Å². The number of aromatic hydroxyl groups is 2. The molecule has 0 radical (unpaired) electrons. The van der Waals surface area contributed by atoms with Crippen LogP contribution in [0.4, 0.5) is 0 Å². The Hall–Kier alpha value is -2.89. The zero-order valence-corrected chi connectivity index (χ0v) is 15.7. The average Bonchev–Trinajstić information content (AvgIpc) is 2.68. The second-order valence-corrected chi connectivity index (χ2v) is 5.33. The highest BCUT2D eigenvalue weighted by atomic mass is 16.5. The van der Waals surface area contributed by atoms with Gasteiger partial charge in [0.1, 0.15) is 11.5 Å². The van der Waals surface area contributed by atoms with Crippen molar-refractivity contribution in [1.29, 1.82) is 0 Å². The van der Waals surface area contributed by atoms with E-state index in [2.05, 4.69) is 0 Å². The smallest absolute Gasteiger partial charge is 0.210 e. The van der Waals surface area contributed by atoms with Crippen molar-refractivity contribution in [2.75, 3.05) is 20.8 Å². The molecule has 2 aromatic rings. The number of carbonyl (C=O) groups is 1. The molecular formula is C20H27NO5. The fourth-order valence-corrected chi connectivity index (χ4v) is 2.39. The number of phenols is 2. The molecule has 2 rings (SSSR count). The van der Waals surface area contributed by atoms with Crippen LogP contribution in [0.2, 0.25) is 0 Å². The summed E-state index contributed by atoms with van der Waals surface area (Å²) in [4.78, 5) is 12.9. The minimum absolute atomic E-state index is 0.00214. The molecule has 142 valence electrons. The molecule has 0 spiro atoms. The summed E-state index contributed by atoms with van der Waals surface area (Å²) < 4.78 is 10.4. The van der Waals surface area contributed by atoms with E-state index < -0.39 is 0 Å². The zero-order chi connectivity index (χ0) is 19.5. The predicted octanol–water partition coefficient (Wildman–Crippen LogP) is 3.34. The Balaban J connectivity index is 0.00000163. The number of hydrogen-bond acceptors (Lipinski definition) is 5. The summed E-state index contributed by atoms with van der Waals surface area (Å²) in [6.45, 7) is 4.81. The molecule has 26 heavy (non-hydrogen) atoms. The summed E-state index contributed by atoms with van der Waals surface area (Å²) in [5, 5.41) is 19.2. The van der Waals surface area contributed by atoms with Gasteiger partial charge in [-0.05, 0) is 30.2 Å². The lowest BCUT2D eigenvalue weighted by atomic mass is 10.1.